The summed E-state index contributed by atoms with van der Waals surface area (Å²) in [6, 6.07) is 4.28. The first kappa shape index (κ1) is 38.6. The van der Waals surface area contributed by atoms with Crippen LogP contribution in [-0.4, -0.2) is 123 Å². The van der Waals surface area contributed by atoms with Crippen molar-refractivity contribution in [1.29, 1.82) is 0 Å². The highest BCUT2D eigenvalue weighted by atomic mass is 16.5. The number of aliphatic hydroxyl groups excluding tert-OH is 3. The van der Waals surface area contributed by atoms with Crippen molar-refractivity contribution in [2.45, 2.75) is 82.0 Å². The molecule has 0 bridgehead atoms. The number of aliphatic hydroxyl groups is 3. The van der Waals surface area contributed by atoms with Gasteiger partial charge in [-0.2, -0.15) is 0 Å². The van der Waals surface area contributed by atoms with Gasteiger partial charge in [0.2, 0.25) is 23.3 Å². The fourth-order valence-corrected chi connectivity index (χ4v) is 4.08. The number of carboxylic acids is 2. The summed E-state index contributed by atoms with van der Waals surface area (Å²) in [5, 5.41) is 57.0. The van der Waals surface area contributed by atoms with Crippen LogP contribution in [-0.2, 0) is 44.7 Å². The minimum absolute atomic E-state index is 0.0790. The van der Waals surface area contributed by atoms with Crippen molar-refractivity contribution in [3.63, 3.8) is 0 Å². The van der Waals surface area contributed by atoms with Crippen LogP contribution in [0.1, 0.15) is 39.2 Å². The molecule has 0 saturated heterocycles. The van der Waals surface area contributed by atoms with Crippen molar-refractivity contribution in [2.75, 3.05) is 13.2 Å². The normalized spacial score (nSPS) is 16.3. The summed E-state index contributed by atoms with van der Waals surface area (Å²) >= 11 is 0. The summed E-state index contributed by atoms with van der Waals surface area (Å²) < 4.78 is 5.24. The molecular weight excluding hydrogens is 600 g/mol. The van der Waals surface area contributed by atoms with Crippen molar-refractivity contribution in [2.24, 2.45) is 0 Å². The summed E-state index contributed by atoms with van der Waals surface area (Å²) in [6.07, 6.45) is -5.36. The summed E-state index contributed by atoms with van der Waals surface area (Å²) in [6.45, 7) is 1.41. The number of nitrogens with one attached hydrogen (secondary N) is 4. The Morgan fingerprint density at radius 3 is 2.09 bits per heavy atom. The van der Waals surface area contributed by atoms with Crippen LogP contribution >= 0.6 is 0 Å². The Kier molecular flexibility index (Phi) is 15.8. The molecule has 1 aromatic carbocycles. The third kappa shape index (κ3) is 11.9. The van der Waals surface area contributed by atoms with E-state index in [1.54, 1.807) is 30.3 Å². The molecule has 4 amide bonds. The molecule has 0 aromatic heterocycles. The number of rotatable bonds is 20. The van der Waals surface area contributed by atoms with Crippen LogP contribution in [0.25, 0.3) is 0 Å². The molecule has 0 saturated carbocycles. The van der Waals surface area contributed by atoms with Crippen molar-refractivity contribution >= 4 is 41.9 Å². The number of hydrogen-bond donors (Lipinski definition) is 9. The Balaban J connectivity index is 3.10. The number of aliphatic carboxylic acids is 2. The molecule has 250 valence electrons. The van der Waals surface area contributed by atoms with Gasteiger partial charge < -0.3 is 56.3 Å². The van der Waals surface area contributed by atoms with E-state index in [0.717, 1.165) is 26.3 Å². The van der Waals surface area contributed by atoms with E-state index in [9.17, 15) is 54.0 Å². The third-order valence-corrected chi connectivity index (χ3v) is 6.63. The topological polar surface area (TPSA) is 278 Å². The standard InChI is InChI=1S/C28H40N4O13/c1-15(29-21(37)14-45-23(22(38)20(36)13-34)19(12-33)31-17(3)35)24(39)32-28(27(43)44,26(42)30-16(2)25(40)41)11-7-10-18-8-5-4-6-9-18/h4-6,8-9,12,15-16,19-20,22-23,34,36,38H,7,10-11,13-14H2,1-3H3,(H,29,37)(H,30,42)(H,31,35)(H,32,39)(H,40,41)(H,43,44)/t15?,16?,19-,20+,22+,23+,28?/m0/s1. The highest BCUT2D eigenvalue weighted by Gasteiger charge is 2.48. The molecule has 0 heterocycles. The Morgan fingerprint density at radius 1 is 0.956 bits per heavy atom. The van der Waals surface area contributed by atoms with Crippen molar-refractivity contribution in [1.82, 2.24) is 21.3 Å². The van der Waals surface area contributed by atoms with E-state index in [2.05, 4.69) is 21.3 Å². The molecule has 45 heavy (non-hydrogen) atoms. The van der Waals surface area contributed by atoms with Gasteiger partial charge in [0.1, 0.15) is 49.3 Å². The quantitative estimate of drug-likeness (QED) is 0.0504. The molecule has 0 fully saturated rings. The molecule has 1 rings (SSSR count). The zero-order chi connectivity index (χ0) is 34.3. The van der Waals surface area contributed by atoms with Crippen LogP contribution in [0.3, 0.4) is 0 Å². The Bertz CT molecular complexity index is 1200. The SMILES string of the molecule is CC(=O)N[C@@H](C=O)[C@@H](OCC(=O)NC(C)C(=O)NC(CCCc1ccccc1)(C(=O)O)C(=O)NC(C)C(=O)O)[C@H](O)[C@H](O)CO. The number of aldehydes is 1. The maximum absolute atomic E-state index is 13.1. The molecular formula is C28H40N4O13. The van der Waals surface area contributed by atoms with Gasteiger partial charge in [-0.15, -0.1) is 0 Å². The first-order chi connectivity index (χ1) is 21.1. The number of aryl methyl sites for hydroxylation is 1. The number of amides is 4. The fourth-order valence-electron chi connectivity index (χ4n) is 4.08. The van der Waals surface area contributed by atoms with Crippen molar-refractivity contribution < 1.29 is 63.8 Å². The monoisotopic (exact) mass is 640 g/mol. The molecule has 1 aromatic rings. The van der Waals surface area contributed by atoms with Gasteiger partial charge in [-0.1, -0.05) is 30.3 Å². The van der Waals surface area contributed by atoms with E-state index < -0.39 is 97.2 Å². The van der Waals surface area contributed by atoms with E-state index in [1.807, 2.05) is 0 Å². The lowest BCUT2D eigenvalue weighted by Crippen LogP contribution is -2.67. The minimum atomic E-state index is -2.63. The largest absolute Gasteiger partial charge is 0.480 e. The fraction of sp³-hybridized carbons (Fsp3) is 0.536. The minimum Gasteiger partial charge on any atom is -0.480 e. The Labute approximate surface area is 258 Å². The summed E-state index contributed by atoms with van der Waals surface area (Å²) in [5.74, 6) is -7.42. The zero-order valence-electron chi connectivity index (χ0n) is 25.0. The first-order valence-electron chi connectivity index (χ1n) is 13.8. The van der Waals surface area contributed by atoms with Crippen LogP contribution in [0.5, 0.6) is 0 Å². The van der Waals surface area contributed by atoms with E-state index >= 15 is 0 Å². The molecule has 0 aliphatic carbocycles. The number of carbonyl (C=O) groups is 7. The number of carbonyl (C=O) groups excluding carboxylic acids is 5. The number of ether oxygens (including phenoxy) is 1. The average molecular weight is 641 g/mol. The predicted molar refractivity (Wildman–Crippen MR) is 153 cm³/mol. The molecule has 0 radical (unpaired) electrons. The van der Waals surface area contributed by atoms with Gasteiger partial charge in [-0.25, -0.2) is 4.79 Å². The molecule has 0 aliphatic heterocycles. The summed E-state index contributed by atoms with van der Waals surface area (Å²) in [4.78, 5) is 85.5. The molecule has 0 spiro atoms. The lowest BCUT2D eigenvalue weighted by molar-refractivity contribution is -0.156. The van der Waals surface area contributed by atoms with Crippen LogP contribution in [0.2, 0.25) is 0 Å². The maximum atomic E-state index is 13.1. The molecule has 0 aliphatic rings. The second-order valence-electron chi connectivity index (χ2n) is 10.2. The van der Waals surface area contributed by atoms with Crippen LogP contribution in [0.15, 0.2) is 30.3 Å². The Morgan fingerprint density at radius 2 is 1.58 bits per heavy atom. The Hall–Kier alpha value is -4.45. The van der Waals surface area contributed by atoms with Gasteiger partial charge in [0.15, 0.2) is 0 Å². The highest BCUT2D eigenvalue weighted by molar-refractivity contribution is 6.10. The summed E-state index contributed by atoms with van der Waals surface area (Å²) in [5.41, 5.74) is -1.82. The third-order valence-electron chi connectivity index (χ3n) is 6.63. The second kappa shape index (κ2) is 18.4. The average Bonchev–Trinajstić information content (AvgIpc) is 2.99. The molecule has 17 nitrogen and oxygen atoms in total. The smallest absolute Gasteiger partial charge is 0.339 e. The van der Waals surface area contributed by atoms with Crippen molar-refractivity contribution in [3.8, 4) is 0 Å². The van der Waals surface area contributed by atoms with E-state index in [-0.39, 0.29) is 12.7 Å². The van der Waals surface area contributed by atoms with Crippen LogP contribution in [0.4, 0.5) is 0 Å². The number of carboxylic acid groups (broad SMARTS) is 2. The van der Waals surface area contributed by atoms with Gasteiger partial charge in [0.25, 0.3) is 5.91 Å². The maximum Gasteiger partial charge on any atom is 0.339 e. The van der Waals surface area contributed by atoms with Crippen LogP contribution in [0, 0.1) is 0 Å². The van der Waals surface area contributed by atoms with Gasteiger partial charge in [0, 0.05) is 6.92 Å². The van der Waals surface area contributed by atoms with Crippen molar-refractivity contribution in [3.05, 3.63) is 35.9 Å². The second-order valence-corrected chi connectivity index (χ2v) is 10.2. The molecule has 9 N–H and O–H groups in total. The van der Waals surface area contributed by atoms with Crippen LogP contribution < -0.4 is 21.3 Å². The highest BCUT2D eigenvalue weighted by Crippen LogP contribution is 2.18. The molecule has 17 heteroatoms. The first-order valence-corrected chi connectivity index (χ1v) is 13.8. The zero-order valence-corrected chi connectivity index (χ0v) is 25.0. The molecule has 7 atom stereocenters. The van der Waals surface area contributed by atoms with Gasteiger partial charge >= 0.3 is 11.9 Å². The van der Waals surface area contributed by atoms with E-state index in [1.165, 1.54) is 0 Å². The lowest BCUT2D eigenvalue weighted by Gasteiger charge is -2.32. The van der Waals surface area contributed by atoms with Gasteiger partial charge in [0.05, 0.1) is 6.61 Å². The van der Waals surface area contributed by atoms with E-state index in [4.69, 9.17) is 9.84 Å². The number of benzene rings is 1. The predicted octanol–water partition coefficient (Wildman–Crippen LogP) is -3.15. The number of hydrogen-bond acceptors (Lipinski definition) is 11. The molecule has 3 unspecified atom stereocenters. The summed E-state index contributed by atoms with van der Waals surface area (Å²) in [7, 11) is 0. The lowest BCUT2D eigenvalue weighted by atomic mass is 9.89. The van der Waals surface area contributed by atoms with E-state index in [0.29, 0.717) is 6.42 Å². The van der Waals surface area contributed by atoms with Gasteiger partial charge in [-0.3, -0.25) is 24.0 Å². The van der Waals surface area contributed by atoms with Gasteiger partial charge in [-0.05, 0) is 38.7 Å².